The van der Waals surface area contributed by atoms with E-state index in [2.05, 4.69) is 24.5 Å². The first kappa shape index (κ1) is 12.9. The van der Waals surface area contributed by atoms with Gasteiger partial charge in [-0.1, -0.05) is 13.8 Å². The van der Waals surface area contributed by atoms with Gasteiger partial charge in [-0.3, -0.25) is 0 Å². The Kier molecular flexibility index (Phi) is 5.03. The van der Waals surface area contributed by atoms with Crippen LogP contribution in [0.3, 0.4) is 0 Å². The van der Waals surface area contributed by atoms with Gasteiger partial charge in [0.15, 0.2) is 0 Å². The van der Waals surface area contributed by atoms with Gasteiger partial charge in [0.2, 0.25) is 0 Å². The Bertz CT molecular complexity index is 174. The van der Waals surface area contributed by atoms with Crippen molar-refractivity contribution >= 4 is 0 Å². The van der Waals surface area contributed by atoms with E-state index < -0.39 is 5.60 Å². The van der Waals surface area contributed by atoms with Gasteiger partial charge in [-0.05, 0) is 38.6 Å². The van der Waals surface area contributed by atoms with Crippen LogP contribution in [0.4, 0.5) is 0 Å². The summed E-state index contributed by atoms with van der Waals surface area (Å²) in [5, 5.41) is 17.0. The second kappa shape index (κ2) is 5.83. The average Bonchev–Trinajstić information content (AvgIpc) is 2.15. The first-order valence-corrected chi connectivity index (χ1v) is 6.16. The number of nitrogens with one attached hydrogen (secondary N) is 2. The van der Waals surface area contributed by atoms with Crippen LogP contribution in [0.5, 0.6) is 0 Å². The third-order valence-corrected chi connectivity index (χ3v) is 2.92. The van der Waals surface area contributed by atoms with Crippen LogP contribution in [0.15, 0.2) is 0 Å². The second-order valence-corrected chi connectivity index (χ2v) is 5.52. The van der Waals surface area contributed by atoms with Gasteiger partial charge in [-0.2, -0.15) is 0 Å². The van der Waals surface area contributed by atoms with Crippen molar-refractivity contribution in [1.82, 2.24) is 10.6 Å². The van der Waals surface area contributed by atoms with Gasteiger partial charge in [0, 0.05) is 19.1 Å². The SMILES string of the molecule is CC(C)CC(C)(O)CNC1CCCNC1. The molecule has 1 fully saturated rings. The highest BCUT2D eigenvalue weighted by molar-refractivity contribution is 4.82. The molecule has 3 heteroatoms. The molecule has 0 radical (unpaired) electrons. The van der Waals surface area contributed by atoms with E-state index in [-0.39, 0.29) is 0 Å². The highest BCUT2D eigenvalue weighted by Gasteiger charge is 2.23. The van der Waals surface area contributed by atoms with E-state index in [4.69, 9.17) is 0 Å². The van der Waals surface area contributed by atoms with E-state index >= 15 is 0 Å². The summed E-state index contributed by atoms with van der Waals surface area (Å²) in [6, 6.07) is 0.539. The zero-order valence-corrected chi connectivity index (χ0v) is 10.3. The average molecular weight is 214 g/mol. The number of hydrogen-bond acceptors (Lipinski definition) is 3. The summed E-state index contributed by atoms with van der Waals surface area (Å²) >= 11 is 0. The standard InChI is InChI=1S/C12H26N2O/c1-10(2)7-12(3,15)9-14-11-5-4-6-13-8-11/h10-11,13-15H,4-9H2,1-3H3. The molecule has 0 aromatic rings. The van der Waals surface area contributed by atoms with Gasteiger partial charge in [0.05, 0.1) is 5.60 Å². The Morgan fingerprint density at radius 2 is 2.27 bits per heavy atom. The Morgan fingerprint density at radius 1 is 1.53 bits per heavy atom. The van der Waals surface area contributed by atoms with E-state index in [1.807, 2.05) is 6.92 Å². The van der Waals surface area contributed by atoms with Gasteiger partial charge >= 0.3 is 0 Å². The Hall–Kier alpha value is -0.120. The topological polar surface area (TPSA) is 44.3 Å². The fraction of sp³-hybridized carbons (Fsp3) is 1.00. The minimum Gasteiger partial charge on any atom is -0.389 e. The first-order chi connectivity index (χ1) is 6.99. The molecule has 1 heterocycles. The molecule has 0 aromatic carbocycles. The van der Waals surface area contributed by atoms with Gasteiger partial charge in [0.1, 0.15) is 0 Å². The van der Waals surface area contributed by atoms with Gasteiger partial charge in [-0.15, -0.1) is 0 Å². The maximum atomic E-state index is 10.1. The Balaban J connectivity index is 2.21. The summed E-state index contributed by atoms with van der Waals surface area (Å²) in [5.74, 6) is 0.547. The third-order valence-electron chi connectivity index (χ3n) is 2.92. The second-order valence-electron chi connectivity index (χ2n) is 5.52. The fourth-order valence-electron chi connectivity index (χ4n) is 2.34. The van der Waals surface area contributed by atoms with Crippen molar-refractivity contribution in [3.05, 3.63) is 0 Å². The molecule has 2 unspecified atom stereocenters. The molecular weight excluding hydrogens is 188 g/mol. The van der Waals surface area contributed by atoms with E-state index in [1.165, 1.54) is 12.8 Å². The highest BCUT2D eigenvalue weighted by atomic mass is 16.3. The van der Waals surface area contributed by atoms with Crippen LogP contribution >= 0.6 is 0 Å². The lowest BCUT2D eigenvalue weighted by molar-refractivity contribution is 0.0351. The molecule has 3 nitrogen and oxygen atoms in total. The van der Waals surface area contributed by atoms with Crippen molar-refractivity contribution < 1.29 is 5.11 Å². The molecule has 0 aromatic heterocycles. The van der Waals surface area contributed by atoms with Crippen molar-refractivity contribution in [3.8, 4) is 0 Å². The van der Waals surface area contributed by atoms with Crippen LogP contribution in [0.2, 0.25) is 0 Å². The van der Waals surface area contributed by atoms with Crippen LogP contribution in [-0.4, -0.2) is 36.4 Å². The lowest BCUT2D eigenvalue weighted by Crippen LogP contribution is -2.49. The normalized spacial score (nSPS) is 26.6. The zero-order valence-electron chi connectivity index (χ0n) is 10.3. The molecule has 0 bridgehead atoms. The lowest BCUT2D eigenvalue weighted by atomic mass is 9.93. The van der Waals surface area contributed by atoms with Crippen LogP contribution in [0.1, 0.15) is 40.0 Å². The largest absolute Gasteiger partial charge is 0.389 e. The number of piperidine rings is 1. The van der Waals surface area contributed by atoms with Crippen molar-refractivity contribution in [1.29, 1.82) is 0 Å². The van der Waals surface area contributed by atoms with E-state index in [1.54, 1.807) is 0 Å². The van der Waals surface area contributed by atoms with E-state index in [0.717, 1.165) is 19.5 Å². The predicted molar refractivity (Wildman–Crippen MR) is 64.0 cm³/mol. The van der Waals surface area contributed by atoms with Crippen LogP contribution < -0.4 is 10.6 Å². The summed E-state index contributed by atoms with van der Waals surface area (Å²) in [6.07, 6.45) is 3.33. The molecule has 3 N–H and O–H groups in total. The summed E-state index contributed by atoms with van der Waals surface area (Å²) < 4.78 is 0. The molecule has 1 aliphatic heterocycles. The van der Waals surface area contributed by atoms with E-state index in [9.17, 15) is 5.11 Å². The maximum absolute atomic E-state index is 10.1. The molecule has 0 spiro atoms. The predicted octanol–water partition coefficient (Wildman–Crippen LogP) is 1.13. The summed E-state index contributed by atoms with van der Waals surface area (Å²) in [4.78, 5) is 0. The summed E-state index contributed by atoms with van der Waals surface area (Å²) in [6.45, 7) is 9.11. The van der Waals surface area contributed by atoms with Crippen LogP contribution in [0.25, 0.3) is 0 Å². The number of hydrogen-bond donors (Lipinski definition) is 3. The lowest BCUT2D eigenvalue weighted by Gasteiger charge is -2.30. The molecule has 15 heavy (non-hydrogen) atoms. The van der Waals surface area contributed by atoms with Crippen LogP contribution in [-0.2, 0) is 0 Å². The highest BCUT2D eigenvalue weighted by Crippen LogP contribution is 2.15. The zero-order chi connectivity index (χ0) is 11.3. The first-order valence-electron chi connectivity index (χ1n) is 6.16. The molecule has 0 saturated carbocycles. The molecule has 2 atom stereocenters. The summed E-state index contributed by atoms with van der Waals surface area (Å²) in [5.41, 5.74) is -0.564. The van der Waals surface area contributed by atoms with Gasteiger partial charge in [-0.25, -0.2) is 0 Å². The van der Waals surface area contributed by atoms with E-state index in [0.29, 0.717) is 18.5 Å². The van der Waals surface area contributed by atoms with Gasteiger partial charge < -0.3 is 15.7 Å². The van der Waals surface area contributed by atoms with Crippen molar-refractivity contribution in [2.45, 2.75) is 51.7 Å². The Labute approximate surface area is 93.6 Å². The van der Waals surface area contributed by atoms with Gasteiger partial charge in [0.25, 0.3) is 0 Å². The van der Waals surface area contributed by atoms with Crippen LogP contribution in [0, 0.1) is 5.92 Å². The maximum Gasteiger partial charge on any atom is 0.0746 e. The molecule has 1 saturated heterocycles. The minimum atomic E-state index is -0.564. The number of rotatable bonds is 5. The van der Waals surface area contributed by atoms with Crippen molar-refractivity contribution in [2.24, 2.45) is 5.92 Å². The molecule has 1 aliphatic rings. The smallest absolute Gasteiger partial charge is 0.0746 e. The summed E-state index contributed by atoms with van der Waals surface area (Å²) in [7, 11) is 0. The number of aliphatic hydroxyl groups is 1. The van der Waals surface area contributed by atoms with Crippen molar-refractivity contribution in [3.63, 3.8) is 0 Å². The molecule has 90 valence electrons. The fourth-order valence-corrected chi connectivity index (χ4v) is 2.34. The molecule has 0 amide bonds. The Morgan fingerprint density at radius 3 is 2.80 bits per heavy atom. The monoisotopic (exact) mass is 214 g/mol. The molecular formula is C12H26N2O. The quantitative estimate of drug-likeness (QED) is 0.643. The van der Waals surface area contributed by atoms with Crippen molar-refractivity contribution in [2.75, 3.05) is 19.6 Å². The molecule has 1 rings (SSSR count). The minimum absolute atomic E-state index is 0.539. The third kappa shape index (κ3) is 5.50. The molecule has 0 aliphatic carbocycles.